The number of sulfonamides is 1. The smallest absolute Gasteiger partial charge is 0.216 e. The van der Waals surface area contributed by atoms with Crippen molar-refractivity contribution < 1.29 is 17.5 Å². The second kappa shape index (κ2) is 7.57. The lowest BCUT2D eigenvalue weighted by atomic mass is 10.1. The summed E-state index contributed by atoms with van der Waals surface area (Å²) in [6.07, 6.45) is 0. The van der Waals surface area contributed by atoms with Crippen LogP contribution < -0.4 is 9.46 Å². The Labute approximate surface area is 136 Å². The van der Waals surface area contributed by atoms with Gasteiger partial charge in [0, 0.05) is 12.1 Å². The summed E-state index contributed by atoms with van der Waals surface area (Å²) >= 11 is 0. The van der Waals surface area contributed by atoms with Crippen LogP contribution in [0.2, 0.25) is 0 Å². The van der Waals surface area contributed by atoms with E-state index in [9.17, 15) is 12.8 Å². The molecule has 2 rings (SSSR count). The molecule has 4 nitrogen and oxygen atoms in total. The van der Waals surface area contributed by atoms with Gasteiger partial charge in [0.2, 0.25) is 10.0 Å². The van der Waals surface area contributed by atoms with E-state index in [4.69, 9.17) is 4.74 Å². The van der Waals surface area contributed by atoms with E-state index < -0.39 is 15.8 Å². The molecule has 0 fully saturated rings. The minimum absolute atomic E-state index is 0.129. The highest BCUT2D eigenvalue weighted by Gasteiger charge is 2.13. The second-order valence-corrected chi connectivity index (χ2v) is 7.15. The number of aryl methyl sites for hydroxylation is 2. The van der Waals surface area contributed by atoms with E-state index in [2.05, 4.69) is 4.72 Å². The minimum atomic E-state index is -3.60. The molecule has 6 heteroatoms. The molecule has 2 aromatic carbocycles. The molecule has 0 atom stereocenters. The average molecular weight is 337 g/mol. The van der Waals surface area contributed by atoms with Crippen LogP contribution in [0.15, 0.2) is 42.5 Å². The van der Waals surface area contributed by atoms with E-state index in [-0.39, 0.29) is 24.5 Å². The minimum Gasteiger partial charge on any atom is -0.492 e. The number of halogens is 1. The van der Waals surface area contributed by atoms with Crippen molar-refractivity contribution >= 4 is 10.0 Å². The van der Waals surface area contributed by atoms with Crippen LogP contribution >= 0.6 is 0 Å². The molecule has 0 unspecified atom stereocenters. The standard InChI is InChI=1S/C17H20FNO3S/c1-13-7-8-16(11-14(13)2)22-10-9-19-23(20,21)12-15-5-3-4-6-17(15)18/h3-8,11,19H,9-10,12H2,1-2H3. The molecular weight excluding hydrogens is 317 g/mol. The molecule has 0 aliphatic rings. The van der Waals surface area contributed by atoms with E-state index in [0.717, 1.165) is 5.56 Å². The quantitative estimate of drug-likeness (QED) is 0.790. The number of benzene rings is 2. The molecule has 0 amide bonds. The lowest BCUT2D eigenvalue weighted by molar-refractivity contribution is 0.322. The molecule has 2 aromatic rings. The number of nitrogens with one attached hydrogen (secondary N) is 1. The zero-order chi connectivity index (χ0) is 16.9. The van der Waals surface area contributed by atoms with E-state index in [1.807, 2.05) is 32.0 Å². The maximum Gasteiger partial charge on any atom is 0.216 e. The first kappa shape index (κ1) is 17.4. The molecule has 0 aliphatic heterocycles. The SMILES string of the molecule is Cc1ccc(OCCNS(=O)(=O)Cc2ccccc2F)cc1C. The van der Waals surface area contributed by atoms with Crippen molar-refractivity contribution in [2.24, 2.45) is 0 Å². The average Bonchev–Trinajstić information content (AvgIpc) is 2.49. The summed E-state index contributed by atoms with van der Waals surface area (Å²) < 4.78 is 45.3. The molecular formula is C17H20FNO3S. The number of ether oxygens (including phenoxy) is 1. The Morgan fingerprint density at radius 2 is 1.83 bits per heavy atom. The summed E-state index contributed by atoms with van der Waals surface area (Å²) in [6.45, 7) is 4.33. The van der Waals surface area contributed by atoms with Crippen molar-refractivity contribution in [2.45, 2.75) is 19.6 Å². The summed E-state index contributed by atoms with van der Waals surface area (Å²) in [5, 5.41) is 0. The molecule has 124 valence electrons. The number of rotatable bonds is 7. The first-order valence-corrected chi connectivity index (χ1v) is 8.93. The van der Waals surface area contributed by atoms with Gasteiger partial charge in [-0.3, -0.25) is 0 Å². The molecule has 23 heavy (non-hydrogen) atoms. The van der Waals surface area contributed by atoms with Crippen LogP contribution in [0.25, 0.3) is 0 Å². The third-order valence-electron chi connectivity index (χ3n) is 3.47. The zero-order valence-corrected chi connectivity index (χ0v) is 14.0. The highest BCUT2D eigenvalue weighted by Crippen LogP contribution is 2.16. The van der Waals surface area contributed by atoms with Crippen molar-refractivity contribution in [1.82, 2.24) is 4.72 Å². The second-order valence-electron chi connectivity index (χ2n) is 5.34. The van der Waals surface area contributed by atoms with Crippen LogP contribution in [0.5, 0.6) is 5.75 Å². The molecule has 0 heterocycles. The van der Waals surface area contributed by atoms with Gasteiger partial charge in [-0.15, -0.1) is 0 Å². The maximum absolute atomic E-state index is 13.5. The molecule has 1 N–H and O–H groups in total. The van der Waals surface area contributed by atoms with E-state index >= 15 is 0 Å². The van der Waals surface area contributed by atoms with Gasteiger partial charge in [0.05, 0.1) is 5.75 Å². The highest BCUT2D eigenvalue weighted by molar-refractivity contribution is 7.88. The van der Waals surface area contributed by atoms with Crippen LogP contribution in [-0.2, 0) is 15.8 Å². The van der Waals surface area contributed by atoms with Gasteiger partial charge in [0.1, 0.15) is 18.2 Å². The van der Waals surface area contributed by atoms with E-state index in [1.54, 1.807) is 6.07 Å². The highest BCUT2D eigenvalue weighted by atomic mass is 32.2. The van der Waals surface area contributed by atoms with Crippen LogP contribution in [0.4, 0.5) is 4.39 Å². The molecule has 0 saturated carbocycles. The Morgan fingerprint density at radius 3 is 2.52 bits per heavy atom. The molecule has 0 saturated heterocycles. The maximum atomic E-state index is 13.5. The Bertz CT molecular complexity index is 775. The Hall–Kier alpha value is -1.92. The van der Waals surface area contributed by atoms with Gasteiger partial charge in [0.15, 0.2) is 0 Å². The first-order chi connectivity index (χ1) is 10.9. The largest absolute Gasteiger partial charge is 0.492 e. The topological polar surface area (TPSA) is 55.4 Å². The Balaban J connectivity index is 1.83. The van der Waals surface area contributed by atoms with Crippen LogP contribution in [-0.4, -0.2) is 21.6 Å². The Morgan fingerprint density at radius 1 is 1.09 bits per heavy atom. The fourth-order valence-corrected chi connectivity index (χ4v) is 3.18. The monoisotopic (exact) mass is 337 g/mol. The third kappa shape index (κ3) is 5.33. The predicted octanol–water partition coefficient (Wildman–Crippen LogP) is 2.94. The normalized spacial score (nSPS) is 11.4. The lowest BCUT2D eigenvalue weighted by Crippen LogP contribution is -2.29. The van der Waals surface area contributed by atoms with Crippen molar-refractivity contribution in [3.63, 3.8) is 0 Å². The Kier molecular flexibility index (Phi) is 5.74. The molecule has 0 bridgehead atoms. The van der Waals surface area contributed by atoms with Crippen LogP contribution in [0, 0.1) is 19.7 Å². The van der Waals surface area contributed by atoms with Gasteiger partial charge in [-0.05, 0) is 43.2 Å². The van der Waals surface area contributed by atoms with Gasteiger partial charge >= 0.3 is 0 Å². The fourth-order valence-electron chi connectivity index (χ4n) is 2.04. The fraction of sp³-hybridized carbons (Fsp3) is 0.294. The predicted molar refractivity (Wildman–Crippen MR) is 88.4 cm³/mol. The molecule has 0 aliphatic carbocycles. The lowest BCUT2D eigenvalue weighted by Gasteiger charge is -2.10. The number of hydrogen-bond donors (Lipinski definition) is 1. The van der Waals surface area contributed by atoms with Gasteiger partial charge < -0.3 is 4.74 Å². The summed E-state index contributed by atoms with van der Waals surface area (Å²) in [5.41, 5.74) is 2.43. The van der Waals surface area contributed by atoms with Crippen molar-refractivity contribution in [1.29, 1.82) is 0 Å². The van der Waals surface area contributed by atoms with Crippen molar-refractivity contribution in [3.05, 3.63) is 65.0 Å². The summed E-state index contributed by atoms with van der Waals surface area (Å²) in [7, 11) is -3.60. The van der Waals surface area contributed by atoms with Crippen molar-refractivity contribution in [3.8, 4) is 5.75 Å². The van der Waals surface area contributed by atoms with Gasteiger partial charge in [-0.2, -0.15) is 0 Å². The molecule has 0 aromatic heterocycles. The van der Waals surface area contributed by atoms with E-state index in [1.165, 1.54) is 23.8 Å². The summed E-state index contributed by atoms with van der Waals surface area (Å²) in [4.78, 5) is 0. The zero-order valence-electron chi connectivity index (χ0n) is 13.2. The number of hydrogen-bond acceptors (Lipinski definition) is 3. The van der Waals surface area contributed by atoms with Gasteiger partial charge in [-0.1, -0.05) is 24.3 Å². The van der Waals surface area contributed by atoms with Crippen LogP contribution in [0.3, 0.4) is 0 Å². The van der Waals surface area contributed by atoms with Crippen LogP contribution in [0.1, 0.15) is 16.7 Å². The molecule has 0 spiro atoms. The van der Waals surface area contributed by atoms with Gasteiger partial charge in [0.25, 0.3) is 0 Å². The third-order valence-corrected chi connectivity index (χ3v) is 4.81. The summed E-state index contributed by atoms with van der Waals surface area (Å²) in [6, 6.07) is 11.5. The first-order valence-electron chi connectivity index (χ1n) is 7.28. The van der Waals surface area contributed by atoms with E-state index in [0.29, 0.717) is 5.75 Å². The van der Waals surface area contributed by atoms with Gasteiger partial charge in [-0.25, -0.2) is 17.5 Å². The summed E-state index contributed by atoms with van der Waals surface area (Å²) in [5.74, 6) is -0.214. The molecule has 0 radical (unpaired) electrons. The van der Waals surface area contributed by atoms with Crippen molar-refractivity contribution in [2.75, 3.05) is 13.2 Å².